The second-order valence-corrected chi connectivity index (χ2v) is 7.70. The summed E-state index contributed by atoms with van der Waals surface area (Å²) in [5, 5.41) is 9.78. The Morgan fingerprint density at radius 3 is 1.61 bits per heavy atom. The molecule has 0 bridgehead atoms. The Hall–Kier alpha value is -2.07. The molecule has 1 aromatic rings. The number of benzene rings is 1. The van der Waals surface area contributed by atoms with Gasteiger partial charge < -0.3 is 9.84 Å². The summed E-state index contributed by atoms with van der Waals surface area (Å²) in [6, 6.07) is 3.73. The topological polar surface area (TPSA) is 29.5 Å². The smallest absolute Gasteiger partial charge is 0.460 e. The van der Waals surface area contributed by atoms with Crippen LogP contribution in [0.3, 0.4) is 0 Å². The first-order valence-corrected chi connectivity index (χ1v) is 9.60. The number of ether oxygens (including phenoxy) is 1. The summed E-state index contributed by atoms with van der Waals surface area (Å²) in [6.07, 6.45) is -13.5. The maximum Gasteiger partial charge on any atom is 0.460 e. The Morgan fingerprint density at radius 2 is 1.17 bits per heavy atom. The number of halogens is 15. The van der Waals surface area contributed by atoms with Crippen LogP contribution >= 0.6 is 0 Å². The van der Waals surface area contributed by atoms with E-state index in [1.807, 2.05) is 0 Å². The van der Waals surface area contributed by atoms with Gasteiger partial charge in [-0.1, -0.05) is 19.1 Å². The fraction of sp³-hybridized carbons (Fsp3) is 0.684. The summed E-state index contributed by atoms with van der Waals surface area (Å²) < 4.78 is 204. The number of hydrogen-bond donors (Lipinski definition) is 1. The first-order valence-electron chi connectivity index (χ1n) is 9.60. The fourth-order valence-corrected chi connectivity index (χ4v) is 2.60. The van der Waals surface area contributed by atoms with Crippen molar-refractivity contribution in [1.29, 1.82) is 0 Å². The van der Waals surface area contributed by atoms with E-state index in [1.165, 1.54) is 13.0 Å². The highest BCUT2D eigenvalue weighted by Gasteiger charge is 2.93. The molecule has 17 heteroatoms. The third-order valence-corrected chi connectivity index (χ3v) is 5.00. The van der Waals surface area contributed by atoms with Crippen LogP contribution in [-0.4, -0.2) is 52.9 Å². The van der Waals surface area contributed by atoms with Gasteiger partial charge in [0.2, 0.25) is 0 Å². The van der Waals surface area contributed by atoms with Crippen molar-refractivity contribution in [3.05, 3.63) is 29.8 Å². The van der Waals surface area contributed by atoms with E-state index in [1.54, 1.807) is 6.92 Å². The van der Waals surface area contributed by atoms with E-state index in [4.69, 9.17) is 4.74 Å². The van der Waals surface area contributed by atoms with Gasteiger partial charge in [-0.25, -0.2) is 0 Å². The van der Waals surface area contributed by atoms with E-state index in [0.29, 0.717) is 6.42 Å². The van der Waals surface area contributed by atoms with Gasteiger partial charge in [-0.05, 0) is 31.0 Å². The normalized spacial score (nSPS) is 16.6. The van der Waals surface area contributed by atoms with Crippen LogP contribution in [-0.2, 0) is 0 Å². The van der Waals surface area contributed by atoms with Crippen LogP contribution in [0.25, 0.3) is 0 Å². The molecule has 2 unspecified atom stereocenters. The zero-order chi connectivity index (χ0) is 28.8. The number of aliphatic hydroxyl groups is 1. The van der Waals surface area contributed by atoms with Crippen molar-refractivity contribution in [1.82, 2.24) is 0 Å². The van der Waals surface area contributed by atoms with Gasteiger partial charge in [-0.3, -0.25) is 0 Å². The van der Waals surface area contributed by atoms with Gasteiger partial charge in [-0.15, -0.1) is 0 Å². The molecule has 0 aromatic heterocycles. The third kappa shape index (κ3) is 5.16. The largest absolute Gasteiger partial charge is 0.491 e. The average Bonchev–Trinajstić information content (AvgIpc) is 2.71. The molecule has 0 aliphatic rings. The van der Waals surface area contributed by atoms with E-state index in [2.05, 4.69) is 0 Å². The molecular formula is C19H17F15O2. The maximum atomic E-state index is 14.0. The molecule has 36 heavy (non-hydrogen) atoms. The predicted octanol–water partition coefficient (Wildman–Crippen LogP) is 7.66. The van der Waals surface area contributed by atoms with Crippen LogP contribution in [0.4, 0.5) is 65.9 Å². The van der Waals surface area contributed by atoms with Crippen LogP contribution in [0, 0.1) is 0 Å². The molecule has 2 atom stereocenters. The van der Waals surface area contributed by atoms with Crippen LogP contribution in [0.5, 0.6) is 5.75 Å². The minimum absolute atomic E-state index is 0.151. The molecule has 1 N–H and O–H groups in total. The van der Waals surface area contributed by atoms with Crippen molar-refractivity contribution < 1.29 is 75.7 Å². The van der Waals surface area contributed by atoms with Gasteiger partial charge in [0.25, 0.3) is 0 Å². The lowest BCUT2D eigenvalue weighted by Gasteiger charge is -2.41. The van der Waals surface area contributed by atoms with Gasteiger partial charge in [0, 0.05) is 6.42 Å². The minimum Gasteiger partial charge on any atom is -0.491 e. The molecule has 0 saturated heterocycles. The van der Waals surface area contributed by atoms with Gasteiger partial charge in [-0.2, -0.15) is 65.9 Å². The molecule has 0 spiro atoms. The van der Waals surface area contributed by atoms with Gasteiger partial charge in [0.15, 0.2) is 0 Å². The predicted molar refractivity (Wildman–Crippen MR) is 92.1 cm³/mol. The lowest BCUT2D eigenvalue weighted by atomic mass is 9.88. The minimum atomic E-state index is -8.36. The van der Waals surface area contributed by atoms with E-state index < -0.39 is 65.9 Å². The average molecular weight is 562 g/mol. The zero-order valence-electron chi connectivity index (χ0n) is 17.9. The van der Waals surface area contributed by atoms with Crippen molar-refractivity contribution in [3.8, 4) is 5.75 Å². The molecule has 0 aliphatic carbocycles. The SMILES string of the molecule is CCC(C)Oc1cccc(C(O)CC(F)(F)C(F)(F)C(F)(F)C(F)(F)C(F)(F)C(F)(F)C(F)(F)F)c1. The first-order chi connectivity index (χ1) is 15.8. The van der Waals surface area contributed by atoms with Crippen molar-refractivity contribution in [2.45, 2.75) is 80.6 Å². The Labute approximate surface area is 193 Å². The third-order valence-electron chi connectivity index (χ3n) is 5.00. The van der Waals surface area contributed by atoms with E-state index in [-0.39, 0.29) is 5.75 Å². The highest BCUT2D eigenvalue weighted by molar-refractivity contribution is 5.30. The van der Waals surface area contributed by atoms with Crippen LogP contribution < -0.4 is 4.74 Å². The highest BCUT2D eigenvalue weighted by atomic mass is 19.4. The summed E-state index contributed by atoms with van der Waals surface area (Å²) in [6.45, 7) is 3.17. The standard InChI is InChI=1S/C19H17F15O2/c1-3-9(2)36-11-6-4-5-10(7-11)12(35)8-13(20,21)14(22,23)15(24,25)16(26,27)17(28,29)18(30,31)19(32,33)34/h4-7,9,12,35H,3,8H2,1-2H3. The molecule has 1 aromatic carbocycles. The van der Waals surface area contributed by atoms with Gasteiger partial charge in [0.1, 0.15) is 5.75 Å². The lowest BCUT2D eigenvalue weighted by Crippen LogP contribution is -2.72. The van der Waals surface area contributed by atoms with Crippen LogP contribution in [0.15, 0.2) is 24.3 Å². The molecule has 0 amide bonds. The lowest BCUT2D eigenvalue weighted by molar-refractivity contribution is -0.453. The van der Waals surface area contributed by atoms with Crippen molar-refractivity contribution in [2.24, 2.45) is 0 Å². The van der Waals surface area contributed by atoms with Gasteiger partial charge >= 0.3 is 41.7 Å². The Kier molecular flexibility index (Phi) is 8.58. The van der Waals surface area contributed by atoms with Crippen LogP contribution in [0.1, 0.15) is 38.4 Å². The molecular weight excluding hydrogens is 545 g/mol. The van der Waals surface area contributed by atoms with Gasteiger partial charge in [0.05, 0.1) is 12.2 Å². The second kappa shape index (κ2) is 9.67. The number of hydrogen-bond acceptors (Lipinski definition) is 2. The first kappa shape index (κ1) is 32.0. The second-order valence-electron chi connectivity index (χ2n) is 7.70. The Morgan fingerprint density at radius 1 is 0.722 bits per heavy atom. The fourth-order valence-electron chi connectivity index (χ4n) is 2.60. The zero-order valence-corrected chi connectivity index (χ0v) is 17.9. The molecule has 0 fully saturated rings. The molecule has 2 nitrogen and oxygen atoms in total. The molecule has 0 aliphatic heterocycles. The quantitative estimate of drug-likeness (QED) is 0.281. The van der Waals surface area contributed by atoms with Crippen LogP contribution in [0.2, 0.25) is 0 Å². The van der Waals surface area contributed by atoms with Crippen molar-refractivity contribution in [2.75, 3.05) is 0 Å². The Bertz CT molecular complexity index is 895. The molecule has 0 radical (unpaired) electrons. The number of aliphatic hydroxyl groups excluding tert-OH is 1. The monoisotopic (exact) mass is 562 g/mol. The summed E-state index contributed by atoms with van der Waals surface area (Å²) in [5.41, 5.74) is -0.727. The summed E-state index contributed by atoms with van der Waals surface area (Å²) >= 11 is 0. The molecule has 210 valence electrons. The summed E-state index contributed by atoms with van der Waals surface area (Å²) in [5.74, 6) is -47.2. The summed E-state index contributed by atoms with van der Waals surface area (Å²) in [4.78, 5) is 0. The van der Waals surface area contributed by atoms with Crippen molar-refractivity contribution >= 4 is 0 Å². The van der Waals surface area contributed by atoms with E-state index in [9.17, 15) is 71.0 Å². The van der Waals surface area contributed by atoms with E-state index in [0.717, 1.165) is 18.2 Å². The number of rotatable bonds is 11. The van der Waals surface area contributed by atoms with E-state index >= 15 is 0 Å². The summed E-state index contributed by atoms with van der Waals surface area (Å²) in [7, 11) is 0. The highest BCUT2D eigenvalue weighted by Crippen LogP contribution is 2.63. The maximum absolute atomic E-state index is 14.0. The molecule has 0 saturated carbocycles. The Balaban J connectivity index is 3.39. The van der Waals surface area contributed by atoms with Crippen molar-refractivity contribution in [3.63, 3.8) is 0 Å². The molecule has 0 heterocycles. The molecule has 1 rings (SSSR count). The number of alkyl halides is 15.